The molecule has 0 spiro atoms. The van der Waals surface area contributed by atoms with Crippen molar-refractivity contribution in [1.29, 1.82) is 0 Å². The first-order valence-electron chi connectivity index (χ1n) is 12.3. The number of H-pyrrole nitrogens is 1. The van der Waals surface area contributed by atoms with Gasteiger partial charge < -0.3 is 24.5 Å². The van der Waals surface area contributed by atoms with Gasteiger partial charge in [-0.15, -0.1) is 0 Å². The maximum absolute atomic E-state index is 12.6. The lowest BCUT2D eigenvalue weighted by molar-refractivity contribution is -0.136. The lowest BCUT2D eigenvalue weighted by Gasteiger charge is -2.38. The zero-order chi connectivity index (χ0) is 25.4. The van der Waals surface area contributed by atoms with Gasteiger partial charge in [0.25, 0.3) is 0 Å². The first kappa shape index (κ1) is 24.3. The summed E-state index contributed by atoms with van der Waals surface area (Å²) in [7, 11) is 1.51. The summed E-state index contributed by atoms with van der Waals surface area (Å²) in [4.78, 5) is 35.9. The minimum Gasteiger partial charge on any atom is -0.465 e. The van der Waals surface area contributed by atoms with Crippen molar-refractivity contribution in [2.24, 2.45) is 0 Å². The number of ether oxygens (including phenoxy) is 2. The van der Waals surface area contributed by atoms with E-state index in [1.807, 2.05) is 12.4 Å². The number of nitrogens with zero attached hydrogens (tertiary/aromatic N) is 3. The Bertz CT molecular complexity index is 1300. The molecule has 2 aromatic heterocycles. The van der Waals surface area contributed by atoms with Crippen molar-refractivity contribution in [2.45, 2.75) is 38.8 Å². The molecule has 1 saturated heterocycles. The molecule has 1 fully saturated rings. The molecule has 0 unspecified atom stereocenters. The monoisotopic (exact) mass is 492 g/mol. The van der Waals surface area contributed by atoms with E-state index >= 15 is 0 Å². The van der Waals surface area contributed by atoms with Crippen LogP contribution in [0, 0.1) is 0 Å². The van der Waals surface area contributed by atoms with E-state index in [1.54, 1.807) is 4.90 Å². The second-order valence-corrected chi connectivity index (χ2v) is 9.79. The molecule has 190 valence electrons. The van der Waals surface area contributed by atoms with Crippen LogP contribution in [0.4, 0.5) is 4.79 Å². The van der Waals surface area contributed by atoms with Gasteiger partial charge in [-0.3, -0.25) is 9.69 Å². The average Bonchev–Trinajstić information content (AvgIpc) is 3.31. The number of fused-ring (bicyclic) bond motifs is 2. The highest BCUT2D eigenvalue weighted by Gasteiger charge is 2.33. The number of aromatic amines is 1. The normalized spacial score (nSPS) is 18.1. The standard InChI is InChI=1S/C27H32N4O5/c1-16(2)22-12-29-26-21(22)10-19(11-28-26)18-8-17-4-5-30(25(32)15-35-3)13-23(17)20(9-18)24-14-36-7-6-31(24)27(33)34/h8-12,16,24H,4-7,13-15H2,1-3H3,(H,28,29)(H,33,34)/t24-/m0/s1. The summed E-state index contributed by atoms with van der Waals surface area (Å²) in [5, 5.41) is 11.0. The van der Waals surface area contributed by atoms with Crippen molar-refractivity contribution in [3.63, 3.8) is 0 Å². The number of benzene rings is 1. The zero-order valence-corrected chi connectivity index (χ0v) is 20.9. The fourth-order valence-corrected chi connectivity index (χ4v) is 5.34. The zero-order valence-electron chi connectivity index (χ0n) is 20.9. The molecule has 3 aromatic rings. The third-order valence-electron chi connectivity index (χ3n) is 7.25. The summed E-state index contributed by atoms with van der Waals surface area (Å²) in [6.45, 7) is 6.31. The highest BCUT2D eigenvalue weighted by atomic mass is 16.5. The van der Waals surface area contributed by atoms with Gasteiger partial charge in [-0.2, -0.15) is 0 Å². The van der Waals surface area contributed by atoms with Crippen LogP contribution in [0.5, 0.6) is 0 Å². The Kier molecular flexibility index (Phi) is 6.68. The quantitative estimate of drug-likeness (QED) is 0.559. The molecule has 36 heavy (non-hydrogen) atoms. The van der Waals surface area contributed by atoms with E-state index in [1.165, 1.54) is 17.6 Å². The number of aromatic nitrogens is 2. The van der Waals surface area contributed by atoms with Crippen molar-refractivity contribution < 1.29 is 24.2 Å². The highest BCUT2D eigenvalue weighted by molar-refractivity contribution is 5.85. The number of nitrogens with one attached hydrogen (secondary N) is 1. The van der Waals surface area contributed by atoms with Gasteiger partial charge in [-0.25, -0.2) is 9.78 Å². The van der Waals surface area contributed by atoms with Gasteiger partial charge in [0, 0.05) is 50.1 Å². The number of carbonyl (C=O) groups excluding carboxylic acids is 1. The van der Waals surface area contributed by atoms with Crippen molar-refractivity contribution in [2.75, 3.05) is 40.0 Å². The van der Waals surface area contributed by atoms with Crippen LogP contribution in [-0.2, 0) is 27.2 Å². The molecule has 1 atom stereocenters. The molecule has 0 aliphatic carbocycles. The van der Waals surface area contributed by atoms with Gasteiger partial charge in [-0.05, 0) is 52.3 Å². The van der Waals surface area contributed by atoms with E-state index in [4.69, 9.17) is 9.47 Å². The molecule has 4 heterocycles. The molecule has 9 nitrogen and oxygen atoms in total. The molecule has 0 saturated carbocycles. The molecule has 2 aliphatic heterocycles. The number of hydrogen-bond donors (Lipinski definition) is 2. The number of carboxylic acid groups (broad SMARTS) is 1. The van der Waals surface area contributed by atoms with Gasteiger partial charge in [0.15, 0.2) is 0 Å². The fourth-order valence-electron chi connectivity index (χ4n) is 5.34. The van der Waals surface area contributed by atoms with E-state index in [-0.39, 0.29) is 19.1 Å². The van der Waals surface area contributed by atoms with E-state index in [0.29, 0.717) is 38.6 Å². The van der Waals surface area contributed by atoms with Gasteiger partial charge in [0.1, 0.15) is 12.3 Å². The van der Waals surface area contributed by atoms with Crippen molar-refractivity contribution in [3.05, 3.63) is 52.8 Å². The third kappa shape index (κ3) is 4.44. The van der Waals surface area contributed by atoms with E-state index in [0.717, 1.165) is 38.9 Å². The van der Waals surface area contributed by atoms with Crippen LogP contribution in [0.3, 0.4) is 0 Å². The van der Waals surface area contributed by atoms with E-state index < -0.39 is 12.1 Å². The average molecular weight is 493 g/mol. The number of methoxy groups -OCH3 is 1. The van der Waals surface area contributed by atoms with Gasteiger partial charge in [0.05, 0.1) is 19.3 Å². The van der Waals surface area contributed by atoms with Gasteiger partial charge in [0.2, 0.25) is 5.91 Å². The summed E-state index contributed by atoms with van der Waals surface area (Å²) in [5.74, 6) is 0.283. The van der Waals surface area contributed by atoms with E-state index in [2.05, 4.69) is 42.0 Å². The minimum absolute atomic E-state index is 0.0249. The molecular formula is C27H32N4O5. The number of rotatable bonds is 5. The number of morpholine rings is 1. The number of carbonyl (C=O) groups is 2. The van der Waals surface area contributed by atoms with Crippen molar-refractivity contribution in [3.8, 4) is 11.1 Å². The lowest BCUT2D eigenvalue weighted by Crippen LogP contribution is -2.44. The van der Waals surface area contributed by atoms with Gasteiger partial charge in [-0.1, -0.05) is 19.9 Å². The smallest absolute Gasteiger partial charge is 0.407 e. The summed E-state index contributed by atoms with van der Waals surface area (Å²) in [6, 6.07) is 5.93. The molecule has 2 aliphatic rings. The highest BCUT2D eigenvalue weighted by Crippen LogP contribution is 2.37. The van der Waals surface area contributed by atoms with Crippen LogP contribution in [0.25, 0.3) is 22.2 Å². The second kappa shape index (κ2) is 9.91. The van der Waals surface area contributed by atoms with Crippen LogP contribution in [0.1, 0.15) is 48.1 Å². The summed E-state index contributed by atoms with van der Waals surface area (Å²) in [6.07, 6.45) is 3.59. The Hall–Kier alpha value is -3.43. The second-order valence-electron chi connectivity index (χ2n) is 9.79. The predicted molar refractivity (Wildman–Crippen MR) is 135 cm³/mol. The van der Waals surface area contributed by atoms with E-state index in [9.17, 15) is 14.7 Å². The Morgan fingerprint density at radius 3 is 2.83 bits per heavy atom. The number of pyridine rings is 1. The Balaban J connectivity index is 1.63. The molecule has 2 N–H and O–H groups in total. The fraction of sp³-hybridized carbons (Fsp3) is 0.444. The van der Waals surface area contributed by atoms with Crippen molar-refractivity contribution in [1.82, 2.24) is 19.8 Å². The Morgan fingerprint density at radius 1 is 1.25 bits per heavy atom. The molecule has 1 aromatic carbocycles. The Morgan fingerprint density at radius 2 is 2.08 bits per heavy atom. The first-order chi connectivity index (χ1) is 17.4. The van der Waals surface area contributed by atoms with Crippen molar-refractivity contribution >= 4 is 23.0 Å². The maximum Gasteiger partial charge on any atom is 0.407 e. The molecule has 2 amide bonds. The van der Waals surface area contributed by atoms with Crippen LogP contribution in [-0.4, -0.2) is 76.9 Å². The number of hydrogen-bond acceptors (Lipinski definition) is 5. The van der Waals surface area contributed by atoms with Crippen LogP contribution in [0.15, 0.2) is 30.6 Å². The minimum atomic E-state index is -0.970. The Labute approximate surface area is 210 Å². The molecule has 0 radical (unpaired) electrons. The SMILES string of the molecule is COCC(=O)N1CCc2cc(-c3cnc4[nH]cc(C(C)C)c4c3)cc([C@@H]3COCCN3C(=O)O)c2C1. The van der Waals surface area contributed by atoms with Crippen LogP contribution < -0.4 is 0 Å². The summed E-state index contributed by atoms with van der Waals surface area (Å²) < 4.78 is 10.8. The maximum atomic E-state index is 12.6. The predicted octanol–water partition coefficient (Wildman–Crippen LogP) is 3.94. The van der Waals surface area contributed by atoms with Gasteiger partial charge >= 0.3 is 6.09 Å². The topological polar surface area (TPSA) is 108 Å². The molecule has 5 rings (SSSR count). The molecule has 0 bridgehead atoms. The lowest BCUT2D eigenvalue weighted by atomic mass is 9.86. The summed E-state index contributed by atoms with van der Waals surface area (Å²) in [5.41, 5.74) is 7.03. The van der Waals surface area contributed by atoms with Crippen LogP contribution in [0.2, 0.25) is 0 Å². The molecule has 9 heteroatoms. The summed E-state index contributed by atoms with van der Waals surface area (Å²) >= 11 is 0. The largest absolute Gasteiger partial charge is 0.465 e. The van der Waals surface area contributed by atoms with Crippen LogP contribution >= 0.6 is 0 Å². The number of amides is 2. The first-order valence-corrected chi connectivity index (χ1v) is 12.3. The third-order valence-corrected chi connectivity index (χ3v) is 7.25. The molecular weight excluding hydrogens is 460 g/mol.